The van der Waals surface area contributed by atoms with E-state index in [0.29, 0.717) is 27.7 Å². The van der Waals surface area contributed by atoms with Gasteiger partial charge in [-0.15, -0.1) is 0 Å². The molecule has 0 heterocycles. The van der Waals surface area contributed by atoms with Gasteiger partial charge in [0.15, 0.2) is 0 Å². The van der Waals surface area contributed by atoms with Crippen LogP contribution in [0.5, 0.6) is 0 Å². The minimum atomic E-state index is 0.539. The molecule has 0 aromatic heterocycles. The largest absolute Gasteiger partial charge is 0.311 e. The molecular formula is C14H21Cl3N2. The molecule has 0 aliphatic rings. The third kappa shape index (κ3) is 5.13. The van der Waals surface area contributed by atoms with Crippen LogP contribution in [0.2, 0.25) is 15.1 Å². The molecule has 0 fully saturated rings. The fourth-order valence-electron chi connectivity index (χ4n) is 1.73. The standard InChI is InChI=1S/C14H21Cl3N2/c1-4-10(2)19(3)8-7-18-9-11-12(15)5-6-13(16)14(11)17/h5-6,10,18H,4,7-9H2,1-3H3. The van der Waals surface area contributed by atoms with E-state index in [4.69, 9.17) is 34.8 Å². The Morgan fingerprint density at radius 3 is 2.47 bits per heavy atom. The van der Waals surface area contributed by atoms with E-state index in [9.17, 15) is 0 Å². The fraction of sp³-hybridized carbons (Fsp3) is 0.571. The minimum absolute atomic E-state index is 0.539. The molecule has 0 amide bonds. The molecule has 1 atom stereocenters. The first kappa shape index (κ1) is 17.1. The molecule has 1 aromatic rings. The Bertz CT molecular complexity index is 410. The zero-order chi connectivity index (χ0) is 14.4. The molecule has 0 aliphatic heterocycles. The number of nitrogens with one attached hydrogen (secondary N) is 1. The zero-order valence-corrected chi connectivity index (χ0v) is 13.9. The molecule has 1 rings (SSSR count). The van der Waals surface area contributed by atoms with Gasteiger partial charge in [-0.3, -0.25) is 0 Å². The van der Waals surface area contributed by atoms with E-state index in [2.05, 4.69) is 31.1 Å². The lowest BCUT2D eigenvalue weighted by atomic mass is 10.2. The van der Waals surface area contributed by atoms with Crippen molar-refractivity contribution in [3.8, 4) is 0 Å². The Balaban J connectivity index is 2.44. The molecular weight excluding hydrogens is 303 g/mol. The van der Waals surface area contributed by atoms with E-state index in [0.717, 1.165) is 25.1 Å². The smallest absolute Gasteiger partial charge is 0.0652 e. The van der Waals surface area contributed by atoms with Gasteiger partial charge < -0.3 is 10.2 Å². The molecule has 0 saturated carbocycles. The molecule has 0 bridgehead atoms. The van der Waals surface area contributed by atoms with Crippen molar-refractivity contribution in [3.63, 3.8) is 0 Å². The SMILES string of the molecule is CCC(C)N(C)CCNCc1c(Cl)ccc(Cl)c1Cl. The molecule has 5 heteroatoms. The minimum Gasteiger partial charge on any atom is -0.311 e. The van der Waals surface area contributed by atoms with Gasteiger partial charge >= 0.3 is 0 Å². The van der Waals surface area contributed by atoms with E-state index in [1.165, 1.54) is 0 Å². The highest BCUT2D eigenvalue weighted by Gasteiger charge is 2.10. The van der Waals surface area contributed by atoms with E-state index in [1.807, 2.05) is 0 Å². The average molecular weight is 324 g/mol. The van der Waals surface area contributed by atoms with Crippen LogP contribution in [0.4, 0.5) is 0 Å². The van der Waals surface area contributed by atoms with Gasteiger partial charge in [-0.1, -0.05) is 41.7 Å². The van der Waals surface area contributed by atoms with Gasteiger partial charge in [0, 0.05) is 36.3 Å². The summed E-state index contributed by atoms with van der Waals surface area (Å²) >= 11 is 18.3. The summed E-state index contributed by atoms with van der Waals surface area (Å²) in [4.78, 5) is 2.33. The van der Waals surface area contributed by atoms with Crippen molar-refractivity contribution in [2.24, 2.45) is 0 Å². The van der Waals surface area contributed by atoms with Gasteiger partial charge in [0.1, 0.15) is 0 Å². The van der Waals surface area contributed by atoms with Crippen LogP contribution in [0, 0.1) is 0 Å². The number of likely N-dealkylation sites (N-methyl/N-ethyl adjacent to an activating group) is 1. The van der Waals surface area contributed by atoms with Crippen LogP contribution < -0.4 is 5.32 Å². The van der Waals surface area contributed by atoms with Crippen LogP contribution in [-0.2, 0) is 6.54 Å². The normalized spacial score (nSPS) is 13.0. The zero-order valence-electron chi connectivity index (χ0n) is 11.6. The maximum Gasteiger partial charge on any atom is 0.0652 e. The molecule has 0 saturated heterocycles. The lowest BCUT2D eigenvalue weighted by Gasteiger charge is -2.23. The second kappa shape index (κ2) is 8.33. The van der Waals surface area contributed by atoms with Crippen LogP contribution in [-0.4, -0.2) is 31.1 Å². The van der Waals surface area contributed by atoms with Crippen molar-refractivity contribution in [1.82, 2.24) is 10.2 Å². The maximum atomic E-state index is 6.15. The Kier molecular flexibility index (Phi) is 7.48. The van der Waals surface area contributed by atoms with Gasteiger partial charge in [0.05, 0.1) is 10.0 Å². The number of hydrogen-bond acceptors (Lipinski definition) is 2. The van der Waals surface area contributed by atoms with Gasteiger partial charge in [0.2, 0.25) is 0 Å². The first-order valence-corrected chi connectivity index (χ1v) is 7.64. The van der Waals surface area contributed by atoms with Gasteiger partial charge in [0.25, 0.3) is 0 Å². The molecule has 19 heavy (non-hydrogen) atoms. The first-order chi connectivity index (χ1) is 8.97. The Labute approximate surface area is 131 Å². The van der Waals surface area contributed by atoms with Crippen LogP contribution >= 0.6 is 34.8 Å². The number of rotatable bonds is 7. The highest BCUT2D eigenvalue weighted by Crippen LogP contribution is 2.31. The Morgan fingerprint density at radius 1 is 1.21 bits per heavy atom. The number of nitrogens with zero attached hydrogens (tertiary/aromatic N) is 1. The fourth-order valence-corrected chi connectivity index (χ4v) is 2.41. The number of benzene rings is 1. The lowest BCUT2D eigenvalue weighted by molar-refractivity contribution is 0.252. The predicted octanol–water partition coefficient (Wildman–Crippen LogP) is 4.47. The van der Waals surface area contributed by atoms with Crippen molar-refractivity contribution in [3.05, 3.63) is 32.8 Å². The third-order valence-corrected chi connectivity index (χ3v) is 4.62. The second-order valence-electron chi connectivity index (χ2n) is 4.74. The summed E-state index contributed by atoms with van der Waals surface area (Å²) in [6.07, 6.45) is 1.16. The first-order valence-electron chi connectivity index (χ1n) is 6.50. The topological polar surface area (TPSA) is 15.3 Å². The monoisotopic (exact) mass is 322 g/mol. The van der Waals surface area contributed by atoms with Gasteiger partial charge in [-0.2, -0.15) is 0 Å². The van der Waals surface area contributed by atoms with E-state index in [-0.39, 0.29) is 0 Å². The summed E-state index contributed by atoms with van der Waals surface area (Å²) in [7, 11) is 2.13. The molecule has 108 valence electrons. The third-order valence-electron chi connectivity index (χ3n) is 3.43. The summed E-state index contributed by atoms with van der Waals surface area (Å²) in [5.74, 6) is 0. The number of halogens is 3. The van der Waals surface area contributed by atoms with Crippen molar-refractivity contribution in [1.29, 1.82) is 0 Å². The lowest BCUT2D eigenvalue weighted by Crippen LogP contribution is -2.34. The predicted molar refractivity (Wildman–Crippen MR) is 85.6 cm³/mol. The van der Waals surface area contributed by atoms with Crippen molar-refractivity contribution < 1.29 is 0 Å². The molecule has 2 nitrogen and oxygen atoms in total. The summed E-state index contributed by atoms with van der Waals surface area (Å²) in [6, 6.07) is 4.09. The van der Waals surface area contributed by atoms with Crippen molar-refractivity contribution in [2.75, 3.05) is 20.1 Å². The van der Waals surface area contributed by atoms with Gasteiger partial charge in [-0.25, -0.2) is 0 Å². The average Bonchev–Trinajstić information content (AvgIpc) is 2.41. The van der Waals surface area contributed by atoms with Crippen LogP contribution in [0.25, 0.3) is 0 Å². The molecule has 0 spiro atoms. The van der Waals surface area contributed by atoms with Crippen LogP contribution in [0.3, 0.4) is 0 Å². The van der Waals surface area contributed by atoms with Crippen molar-refractivity contribution in [2.45, 2.75) is 32.9 Å². The maximum absolute atomic E-state index is 6.15. The molecule has 0 radical (unpaired) electrons. The number of hydrogen-bond donors (Lipinski definition) is 1. The van der Waals surface area contributed by atoms with E-state index < -0.39 is 0 Å². The molecule has 0 aliphatic carbocycles. The second-order valence-corrected chi connectivity index (χ2v) is 5.93. The van der Waals surface area contributed by atoms with Crippen molar-refractivity contribution >= 4 is 34.8 Å². The summed E-state index contributed by atoms with van der Waals surface area (Å²) < 4.78 is 0. The van der Waals surface area contributed by atoms with E-state index >= 15 is 0 Å². The van der Waals surface area contributed by atoms with Gasteiger partial charge in [-0.05, 0) is 32.5 Å². The molecule has 1 unspecified atom stereocenters. The van der Waals surface area contributed by atoms with Crippen LogP contribution in [0.1, 0.15) is 25.8 Å². The van der Waals surface area contributed by atoms with Crippen LogP contribution in [0.15, 0.2) is 12.1 Å². The van der Waals surface area contributed by atoms with E-state index in [1.54, 1.807) is 12.1 Å². The Hall–Kier alpha value is 0.01000. The quantitative estimate of drug-likeness (QED) is 0.588. The summed E-state index contributed by atoms with van der Waals surface area (Å²) in [5, 5.41) is 5.08. The molecule has 1 N–H and O–H groups in total. The Morgan fingerprint density at radius 2 is 1.84 bits per heavy atom. The summed E-state index contributed by atoms with van der Waals surface area (Å²) in [5.41, 5.74) is 0.863. The highest BCUT2D eigenvalue weighted by atomic mass is 35.5. The summed E-state index contributed by atoms with van der Waals surface area (Å²) in [6.45, 7) is 6.93. The highest BCUT2D eigenvalue weighted by molar-refractivity contribution is 6.44. The molecule has 1 aromatic carbocycles.